The Hall–Kier alpha value is -1.56. The van der Waals surface area contributed by atoms with E-state index in [-0.39, 0.29) is 5.41 Å². The van der Waals surface area contributed by atoms with E-state index in [1.54, 1.807) is 6.20 Å². The fraction of sp³-hybridized carbons (Fsp3) is 0.692. The van der Waals surface area contributed by atoms with Crippen molar-refractivity contribution in [3.63, 3.8) is 0 Å². The molecular formula is C13H22N4O2. The van der Waals surface area contributed by atoms with Gasteiger partial charge in [-0.3, -0.25) is 0 Å². The maximum atomic E-state index is 5.94. The summed E-state index contributed by atoms with van der Waals surface area (Å²) in [6.45, 7) is 9.60. The summed E-state index contributed by atoms with van der Waals surface area (Å²) in [6, 6.07) is 0. The molecule has 0 amide bonds. The van der Waals surface area contributed by atoms with Crippen molar-refractivity contribution in [3.05, 3.63) is 17.8 Å². The van der Waals surface area contributed by atoms with Crippen molar-refractivity contribution in [1.82, 2.24) is 9.88 Å². The largest absolute Gasteiger partial charge is 0.443 e. The van der Waals surface area contributed by atoms with Crippen molar-refractivity contribution in [2.45, 2.75) is 32.7 Å². The van der Waals surface area contributed by atoms with Crippen LogP contribution in [-0.2, 0) is 16.7 Å². The zero-order valence-electron chi connectivity index (χ0n) is 11.8. The highest BCUT2D eigenvalue weighted by atomic mass is 16.5. The normalized spacial score (nSPS) is 17.8. The molecule has 1 aromatic heterocycles. The predicted octanol–water partition coefficient (Wildman–Crippen LogP) is 1.12. The summed E-state index contributed by atoms with van der Waals surface area (Å²) in [4.78, 5) is 10.6. The second-order valence-corrected chi connectivity index (χ2v) is 5.64. The molecule has 1 aliphatic rings. The molecule has 1 aliphatic heterocycles. The van der Waals surface area contributed by atoms with E-state index < -0.39 is 0 Å². The average molecular weight is 266 g/mol. The van der Waals surface area contributed by atoms with Crippen molar-refractivity contribution >= 4 is 5.96 Å². The lowest BCUT2D eigenvalue weighted by atomic mass is 9.94. The van der Waals surface area contributed by atoms with Crippen LogP contribution in [0, 0.1) is 0 Å². The van der Waals surface area contributed by atoms with E-state index in [9.17, 15) is 0 Å². The van der Waals surface area contributed by atoms with Gasteiger partial charge in [-0.2, -0.15) is 0 Å². The number of aromatic nitrogens is 1. The van der Waals surface area contributed by atoms with Gasteiger partial charge >= 0.3 is 0 Å². The van der Waals surface area contributed by atoms with Crippen molar-refractivity contribution < 1.29 is 9.15 Å². The van der Waals surface area contributed by atoms with Gasteiger partial charge in [0.15, 0.2) is 5.96 Å². The van der Waals surface area contributed by atoms with Crippen LogP contribution in [0.3, 0.4) is 0 Å². The second kappa shape index (κ2) is 5.61. The van der Waals surface area contributed by atoms with Gasteiger partial charge < -0.3 is 19.8 Å². The Morgan fingerprint density at radius 2 is 2.11 bits per heavy atom. The summed E-state index contributed by atoms with van der Waals surface area (Å²) < 4.78 is 10.9. The van der Waals surface area contributed by atoms with Gasteiger partial charge in [0.25, 0.3) is 0 Å². The quantitative estimate of drug-likeness (QED) is 0.641. The SMILES string of the molecule is CC(C)(C)c1cnc(CN=C(N)N2CCOCC2)o1. The molecule has 0 aromatic carbocycles. The number of nitrogens with zero attached hydrogens (tertiary/aromatic N) is 3. The van der Waals surface area contributed by atoms with Crippen LogP contribution >= 0.6 is 0 Å². The van der Waals surface area contributed by atoms with Crippen LogP contribution in [0.5, 0.6) is 0 Å². The predicted molar refractivity (Wildman–Crippen MR) is 72.9 cm³/mol. The van der Waals surface area contributed by atoms with Crippen LogP contribution in [0.4, 0.5) is 0 Å². The number of rotatable bonds is 2. The second-order valence-electron chi connectivity index (χ2n) is 5.64. The highest BCUT2D eigenvalue weighted by Crippen LogP contribution is 2.22. The number of ether oxygens (including phenoxy) is 1. The number of oxazole rings is 1. The number of hydrogen-bond acceptors (Lipinski definition) is 4. The van der Waals surface area contributed by atoms with Gasteiger partial charge in [-0.25, -0.2) is 9.98 Å². The van der Waals surface area contributed by atoms with Crippen molar-refractivity contribution in [2.24, 2.45) is 10.7 Å². The third kappa shape index (κ3) is 3.70. The smallest absolute Gasteiger partial charge is 0.216 e. The molecule has 1 aromatic rings. The molecule has 6 nitrogen and oxygen atoms in total. The lowest BCUT2D eigenvalue weighted by Gasteiger charge is -2.27. The molecule has 19 heavy (non-hydrogen) atoms. The van der Waals surface area contributed by atoms with Crippen LogP contribution in [0.1, 0.15) is 32.4 Å². The number of aliphatic imine (C=N–C) groups is 1. The zero-order valence-corrected chi connectivity index (χ0v) is 11.8. The van der Waals surface area contributed by atoms with Crippen molar-refractivity contribution in [2.75, 3.05) is 26.3 Å². The Balaban J connectivity index is 1.95. The van der Waals surface area contributed by atoms with Gasteiger partial charge in [-0.15, -0.1) is 0 Å². The Bertz CT molecular complexity index is 442. The number of morpholine rings is 1. The first-order valence-corrected chi connectivity index (χ1v) is 6.54. The Morgan fingerprint density at radius 1 is 1.42 bits per heavy atom. The standard InChI is InChI=1S/C13H22N4O2/c1-13(2,3)10-8-15-11(19-10)9-16-12(14)17-4-6-18-7-5-17/h8H,4-7,9H2,1-3H3,(H2,14,16). The molecule has 1 saturated heterocycles. The van der Waals surface area contributed by atoms with E-state index in [0.29, 0.717) is 31.6 Å². The summed E-state index contributed by atoms with van der Waals surface area (Å²) in [5.74, 6) is 1.99. The zero-order chi connectivity index (χ0) is 13.9. The topological polar surface area (TPSA) is 76.9 Å². The van der Waals surface area contributed by atoms with Gasteiger partial charge in [0.05, 0.1) is 19.4 Å². The van der Waals surface area contributed by atoms with E-state index in [1.165, 1.54) is 0 Å². The summed E-state index contributed by atoms with van der Waals surface area (Å²) >= 11 is 0. The molecule has 0 radical (unpaired) electrons. The summed E-state index contributed by atoms with van der Waals surface area (Å²) in [5.41, 5.74) is 5.90. The number of hydrogen-bond donors (Lipinski definition) is 1. The minimum absolute atomic E-state index is 0.0370. The van der Waals surface area contributed by atoms with E-state index >= 15 is 0 Å². The van der Waals surface area contributed by atoms with Gasteiger partial charge in [0, 0.05) is 18.5 Å². The summed E-state index contributed by atoms with van der Waals surface area (Å²) in [6.07, 6.45) is 1.76. The van der Waals surface area contributed by atoms with Crippen molar-refractivity contribution in [3.8, 4) is 0 Å². The third-order valence-electron chi connectivity index (χ3n) is 3.00. The molecule has 2 heterocycles. The summed E-state index contributed by atoms with van der Waals surface area (Å²) in [7, 11) is 0. The molecule has 0 aliphatic carbocycles. The number of nitrogens with two attached hydrogens (primary N) is 1. The van der Waals surface area contributed by atoms with Crippen LogP contribution in [0.2, 0.25) is 0 Å². The van der Waals surface area contributed by atoms with E-state index in [1.807, 2.05) is 4.90 Å². The van der Waals surface area contributed by atoms with Crippen LogP contribution < -0.4 is 5.73 Å². The lowest BCUT2D eigenvalue weighted by Crippen LogP contribution is -2.44. The van der Waals surface area contributed by atoms with Gasteiger partial charge in [0.2, 0.25) is 5.89 Å². The Labute approximate surface area is 113 Å². The average Bonchev–Trinajstić information content (AvgIpc) is 2.86. The van der Waals surface area contributed by atoms with Crippen LogP contribution in [0.15, 0.2) is 15.6 Å². The van der Waals surface area contributed by atoms with Crippen LogP contribution in [-0.4, -0.2) is 42.1 Å². The Morgan fingerprint density at radius 3 is 2.68 bits per heavy atom. The third-order valence-corrected chi connectivity index (χ3v) is 3.00. The monoisotopic (exact) mass is 266 g/mol. The first-order valence-electron chi connectivity index (χ1n) is 6.54. The maximum Gasteiger partial charge on any atom is 0.216 e. The molecule has 2 N–H and O–H groups in total. The molecule has 2 rings (SSSR count). The van der Waals surface area contributed by atoms with E-state index in [0.717, 1.165) is 18.8 Å². The maximum absolute atomic E-state index is 5.94. The number of guanidine groups is 1. The fourth-order valence-corrected chi connectivity index (χ4v) is 1.77. The molecule has 106 valence electrons. The lowest BCUT2D eigenvalue weighted by molar-refractivity contribution is 0.0674. The van der Waals surface area contributed by atoms with Crippen LogP contribution in [0.25, 0.3) is 0 Å². The minimum Gasteiger partial charge on any atom is -0.443 e. The first kappa shape index (κ1) is 13.9. The molecule has 0 saturated carbocycles. The van der Waals surface area contributed by atoms with Gasteiger partial charge in [-0.1, -0.05) is 20.8 Å². The molecular weight excluding hydrogens is 244 g/mol. The highest BCUT2D eigenvalue weighted by molar-refractivity contribution is 5.78. The molecule has 0 unspecified atom stereocenters. The summed E-state index contributed by atoms with van der Waals surface area (Å²) in [5, 5.41) is 0. The van der Waals surface area contributed by atoms with E-state index in [2.05, 4.69) is 30.7 Å². The molecule has 0 atom stereocenters. The van der Waals surface area contributed by atoms with Crippen molar-refractivity contribution in [1.29, 1.82) is 0 Å². The van der Waals surface area contributed by atoms with Gasteiger partial charge in [-0.05, 0) is 0 Å². The van der Waals surface area contributed by atoms with Gasteiger partial charge in [0.1, 0.15) is 12.3 Å². The molecule has 6 heteroatoms. The highest BCUT2D eigenvalue weighted by Gasteiger charge is 2.19. The van der Waals surface area contributed by atoms with E-state index in [4.69, 9.17) is 14.9 Å². The first-order chi connectivity index (χ1) is 8.97. The minimum atomic E-state index is -0.0370. The Kier molecular flexibility index (Phi) is 4.09. The molecule has 0 bridgehead atoms. The molecule has 1 fully saturated rings. The fourth-order valence-electron chi connectivity index (χ4n) is 1.77. The molecule has 0 spiro atoms.